The van der Waals surface area contributed by atoms with E-state index in [0.29, 0.717) is 22.2 Å². The third kappa shape index (κ3) is 3.11. The van der Waals surface area contributed by atoms with Crippen LogP contribution in [0.1, 0.15) is 0 Å². The molecule has 3 heterocycles. The molecular weight excluding hydrogens is 412 g/mol. The molecule has 6 rings (SSSR count). The number of ether oxygens (including phenoxy) is 1. The fourth-order valence-corrected chi connectivity index (χ4v) is 4.14. The van der Waals surface area contributed by atoms with Crippen molar-refractivity contribution < 1.29 is 4.74 Å². The SMILES string of the molecule is COc1ccc(-c2cc(-c3ccccc3)nc3ncn4c(=O)c5ccccc5nc4c23)cc1. The summed E-state index contributed by atoms with van der Waals surface area (Å²) < 4.78 is 6.84. The fourth-order valence-electron chi connectivity index (χ4n) is 4.14. The zero-order valence-corrected chi connectivity index (χ0v) is 17.8. The van der Waals surface area contributed by atoms with Crippen LogP contribution in [0.4, 0.5) is 0 Å². The third-order valence-electron chi connectivity index (χ3n) is 5.80. The molecule has 0 saturated heterocycles. The molecule has 0 aliphatic carbocycles. The lowest BCUT2D eigenvalue weighted by Crippen LogP contribution is -2.16. The van der Waals surface area contributed by atoms with Crippen molar-refractivity contribution in [2.75, 3.05) is 7.11 Å². The van der Waals surface area contributed by atoms with Crippen molar-refractivity contribution in [3.8, 4) is 28.1 Å². The monoisotopic (exact) mass is 430 g/mol. The van der Waals surface area contributed by atoms with Crippen LogP contribution in [0.2, 0.25) is 0 Å². The van der Waals surface area contributed by atoms with Crippen molar-refractivity contribution in [1.29, 1.82) is 0 Å². The minimum absolute atomic E-state index is 0.155. The topological polar surface area (TPSA) is 69.4 Å². The van der Waals surface area contributed by atoms with Gasteiger partial charge in [-0.1, -0.05) is 54.6 Å². The van der Waals surface area contributed by atoms with E-state index in [-0.39, 0.29) is 5.56 Å². The third-order valence-corrected chi connectivity index (χ3v) is 5.80. The minimum Gasteiger partial charge on any atom is -0.497 e. The van der Waals surface area contributed by atoms with Gasteiger partial charge in [0.15, 0.2) is 11.3 Å². The summed E-state index contributed by atoms with van der Waals surface area (Å²) in [5, 5.41) is 1.28. The molecular formula is C27H18N4O2. The zero-order chi connectivity index (χ0) is 22.4. The Kier molecular flexibility index (Phi) is 4.36. The number of aromatic nitrogens is 4. The van der Waals surface area contributed by atoms with Crippen molar-refractivity contribution in [3.63, 3.8) is 0 Å². The average molecular weight is 430 g/mol. The summed E-state index contributed by atoms with van der Waals surface area (Å²) in [7, 11) is 1.64. The first-order valence-electron chi connectivity index (χ1n) is 10.5. The highest BCUT2D eigenvalue weighted by Gasteiger charge is 2.16. The average Bonchev–Trinajstić information content (AvgIpc) is 2.88. The maximum atomic E-state index is 13.2. The van der Waals surface area contributed by atoms with Crippen LogP contribution in [0.25, 0.3) is 50.0 Å². The summed E-state index contributed by atoms with van der Waals surface area (Å²) in [5.41, 5.74) is 5.19. The molecule has 6 nitrogen and oxygen atoms in total. The van der Waals surface area contributed by atoms with Gasteiger partial charge in [-0.15, -0.1) is 0 Å². The Hall–Kier alpha value is -4.58. The van der Waals surface area contributed by atoms with Crippen LogP contribution in [0.5, 0.6) is 5.75 Å². The molecule has 0 aliphatic rings. The molecule has 0 bridgehead atoms. The Labute approximate surface area is 188 Å². The molecule has 0 amide bonds. The number of hydrogen-bond acceptors (Lipinski definition) is 5. The molecule has 3 aromatic carbocycles. The van der Waals surface area contributed by atoms with E-state index in [0.717, 1.165) is 33.5 Å². The molecule has 6 heteroatoms. The largest absolute Gasteiger partial charge is 0.497 e. The molecule has 0 spiro atoms. The predicted molar refractivity (Wildman–Crippen MR) is 129 cm³/mol. The van der Waals surface area contributed by atoms with Crippen LogP contribution < -0.4 is 10.3 Å². The van der Waals surface area contributed by atoms with E-state index in [1.54, 1.807) is 13.2 Å². The molecule has 6 aromatic rings. The quantitative estimate of drug-likeness (QED) is 0.287. The van der Waals surface area contributed by atoms with E-state index in [1.165, 1.54) is 10.7 Å². The van der Waals surface area contributed by atoms with Gasteiger partial charge in [-0.05, 0) is 41.5 Å². The van der Waals surface area contributed by atoms with Gasteiger partial charge >= 0.3 is 0 Å². The highest BCUT2D eigenvalue weighted by molar-refractivity contribution is 6.04. The van der Waals surface area contributed by atoms with Crippen LogP contribution in [-0.4, -0.2) is 26.5 Å². The lowest BCUT2D eigenvalue weighted by molar-refractivity contribution is 0.415. The number of para-hydroxylation sites is 1. The van der Waals surface area contributed by atoms with E-state index >= 15 is 0 Å². The molecule has 158 valence electrons. The van der Waals surface area contributed by atoms with Gasteiger partial charge in [-0.25, -0.2) is 19.4 Å². The molecule has 0 unspecified atom stereocenters. The smallest absolute Gasteiger partial charge is 0.266 e. The molecule has 3 aromatic heterocycles. The second kappa shape index (κ2) is 7.53. The van der Waals surface area contributed by atoms with Crippen LogP contribution in [0, 0.1) is 0 Å². The van der Waals surface area contributed by atoms with Crippen LogP contribution >= 0.6 is 0 Å². The number of benzene rings is 3. The maximum Gasteiger partial charge on any atom is 0.266 e. The van der Waals surface area contributed by atoms with E-state index < -0.39 is 0 Å². The molecule has 0 radical (unpaired) electrons. The van der Waals surface area contributed by atoms with E-state index in [1.807, 2.05) is 78.9 Å². The molecule has 0 saturated carbocycles. The molecule has 0 N–H and O–H groups in total. The minimum atomic E-state index is -0.155. The first kappa shape index (κ1) is 19.1. The van der Waals surface area contributed by atoms with E-state index in [9.17, 15) is 4.79 Å². The highest BCUT2D eigenvalue weighted by Crippen LogP contribution is 2.34. The number of rotatable bonds is 3. The second-order valence-corrected chi connectivity index (χ2v) is 7.72. The van der Waals surface area contributed by atoms with Crippen molar-refractivity contribution in [1.82, 2.24) is 19.4 Å². The Balaban J connectivity index is 1.76. The van der Waals surface area contributed by atoms with Gasteiger partial charge in [0.05, 0.1) is 29.1 Å². The van der Waals surface area contributed by atoms with Gasteiger partial charge < -0.3 is 4.74 Å². The number of fused-ring (bicyclic) bond motifs is 4. The molecule has 0 aliphatic heterocycles. The van der Waals surface area contributed by atoms with Gasteiger partial charge in [0.25, 0.3) is 5.56 Å². The van der Waals surface area contributed by atoms with E-state index in [2.05, 4.69) is 4.98 Å². The summed E-state index contributed by atoms with van der Waals surface area (Å²) in [5.74, 6) is 0.767. The summed E-state index contributed by atoms with van der Waals surface area (Å²) in [6.45, 7) is 0. The molecule has 33 heavy (non-hydrogen) atoms. The maximum absolute atomic E-state index is 13.2. The van der Waals surface area contributed by atoms with Gasteiger partial charge in [-0.2, -0.15) is 0 Å². The normalized spacial score (nSPS) is 11.3. The van der Waals surface area contributed by atoms with Gasteiger partial charge in [0.1, 0.15) is 12.1 Å². The second-order valence-electron chi connectivity index (χ2n) is 7.72. The lowest BCUT2D eigenvalue weighted by atomic mass is 9.99. The van der Waals surface area contributed by atoms with Gasteiger partial charge in [-0.3, -0.25) is 4.79 Å². The lowest BCUT2D eigenvalue weighted by Gasteiger charge is -2.13. The van der Waals surface area contributed by atoms with E-state index in [4.69, 9.17) is 14.7 Å². The number of pyridine rings is 1. The Morgan fingerprint density at radius 2 is 1.58 bits per heavy atom. The fraction of sp³-hybridized carbons (Fsp3) is 0.0370. The van der Waals surface area contributed by atoms with Crippen LogP contribution in [-0.2, 0) is 0 Å². The number of nitrogens with zero attached hydrogens (tertiary/aromatic N) is 4. The first-order valence-corrected chi connectivity index (χ1v) is 10.5. The van der Waals surface area contributed by atoms with Crippen molar-refractivity contribution >= 4 is 27.6 Å². The van der Waals surface area contributed by atoms with Crippen molar-refractivity contribution in [3.05, 3.63) is 102 Å². The highest BCUT2D eigenvalue weighted by atomic mass is 16.5. The Bertz CT molecular complexity index is 1710. The molecule has 0 atom stereocenters. The summed E-state index contributed by atoms with van der Waals surface area (Å²) in [4.78, 5) is 27.4. The Morgan fingerprint density at radius 1 is 0.818 bits per heavy atom. The van der Waals surface area contributed by atoms with Crippen LogP contribution in [0.15, 0.2) is 96.1 Å². The standard InChI is InChI=1S/C27H18N4O2/c1-33-19-13-11-17(12-14-19)21-15-23(18-7-3-2-4-8-18)29-25-24(21)26-30-22-10-6-5-9-20(22)27(32)31(26)16-28-25/h2-16H,1H3. The number of methoxy groups -OCH3 is 1. The predicted octanol–water partition coefficient (Wildman–Crippen LogP) is 5.13. The summed E-state index contributed by atoms with van der Waals surface area (Å²) in [6, 6.07) is 27.2. The Morgan fingerprint density at radius 3 is 2.36 bits per heavy atom. The van der Waals surface area contributed by atoms with Crippen LogP contribution in [0.3, 0.4) is 0 Å². The summed E-state index contributed by atoms with van der Waals surface area (Å²) in [6.07, 6.45) is 1.51. The van der Waals surface area contributed by atoms with Crippen molar-refractivity contribution in [2.24, 2.45) is 0 Å². The zero-order valence-electron chi connectivity index (χ0n) is 17.8. The number of hydrogen-bond donors (Lipinski definition) is 0. The molecule has 0 fully saturated rings. The first-order chi connectivity index (χ1) is 16.2. The van der Waals surface area contributed by atoms with Crippen molar-refractivity contribution in [2.45, 2.75) is 0 Å². The summed E-state index contributed by atoms with van der Waals surface area (Å²) >= 11 is 0. The van der Waals surface area contributed by atoms with Gasteiger partial charge in [0, 0.05) is 5.56 Å². The van der Waals surface area contributed by atoms with Gasteiger partial charge in [0.2, 0.25) is 0 Å².